The summed E-state index contributed by atoms with van der Waals surface area (Å²) in [5, 5.41) is 0. The highest BCUT2D eigenvalue weighted by atomic mass is 16.7. The van der Waals surface area contributed by atoms with Crippen molar-refractivity contribution in [2.24, 2.45) is 11.8 Å². The zero-order valence-corrected chi connectivity index (χ0v) is 8.99. The SMILES string of the molecule is [CH2]OC(=O)OC1CCCCC1C(C)C. The molecule has 1 fully saturated rings. The summed E-state index contributed by atoms with van der Waals surface area (Å²) in [6, 6.07) is 0. The Kier molecular flexibility index (Phi) is 4.23. The molecule has 81 valence electrons. The van der Waals surface area contributed by atoms with Gasteiger partial charge in [0.15, 0.2) is 0 Å². The van der Waals surface area contributed by atoms with Crippen molar-refractivity contribution in [3.05, 3.63) is 7.11 Å². The topological polar surface area (TPSA) is 35.5 Å². The van der Waals surface area contributed by atoms with Crippen LogP contribution in [0.2, 0.25) is 0 Å². The van der Waals surface area contributed by atoms with E-state index in [1.165, 1.54) is 6.42 Å². The van der Waals surface area contributed by atoms with E-state index >= 15 is 0 Å². The summed E-state index contributed by atoms with van der Waals surface area (Å²) in [5.41, 5.74) is 0. The average Bonchev–Trinajstić information content (AvgIpc) is 2.18. The van der Waals surface area contributed by atoms with Gasteiger partial charge in [0.1, 0.15) is 13.2 Å². The van der Waals surface area contributed by atoms with Gasteiger partial charge in [0.2, 0.25) is 0 Å². The number of hydrogen-bond donors (Lipinski definition) is 0. The summed E-state index contributed by atoms with van der Waals surface area (Å²) < 4.78 is 9.46. The minimum atomic E-state index is -0.650. The molecule has 3 heteroatoms. The summed E-state index contributed by atoms with van der Waals surface area (Å²) in [5.74, 6) is 1.03. The summed E-state index contributed by atoms with van der Waals surface area (Å²) in [4.78, 5) is 10.9. The van der Waals surface area contributed by atoms with Crippen molar-refractivity contribution in [2.75, 3.05) is 0 Å². The van der Waals surface area contributed by atoms with Crippen molar-refractivity contribution in [3.8, 4) is 0 Å². The molecule has 0 aromatic heterocycles. The first-order valence-corrected chi connectivity index (χ1v) is 5.27. The van der Waals surface area contributed by atoms with E-state index in [0.29, 0.717) is 11.8 Å². The lowest BCUT2D eigenvalue weighted by Gasteiger charge is -2.33. The second-order valence-electron chi connectivity index (χ2n) is 4.24. The molecule has 1 radical (unpaired) electrons. The molecule has 1 aliphatic rings. The first-order chi connectivity index (χ1) is 6.65. The molecule has 0 saturated heterocycles. The highest BCUT2D eigenvalue weighted by molar-refractivity contribution is 5.60. The Labute approximate surface area is 85.8 Å². The highest BCUT2D eigenvalue weighted by Gasteiger charge is 2.30. The average molecular weight is 199 g/mol. The van der Waals surface area contributed by atoms with E-state index < -0.39 is 6.16 Å². The molecule has 0 bridgehead atoms. The normalized spacial score (nSPS) is 27.4. The fourth-order valence-corrected chi connectivity index (χ4v) is 2.19. The Bertz CT molecular complexity index is 189. The lowest BCUT2D eigenvalue weighted by molar-refractivity contribution is -0.00985. The molecule has 1 aliphatic carbocycles. The zero-order valence-electron chi connectivity index (χ0n) is 8.99. The number of ether oxygens (including phenoxy) is 2. The van der Waals surface area contributed by atoms with Gasteiger partial charge in [0.05, 0.1) is 0 Å². The first kappa shape index (κ1) is 11.3. The van der Waals surface area contributed by atoms with Crippen molar-refractivity contribution < 1.29 is 14.3 Å². The highest BCUT2D eigenvalue weighted by Crippen LogP contribution is 2.32. The zero-order chi connectivity index (χ0) is 10.6. The quantitative estimate of drug-likeness (QED) is 0.641. The standard InChI is InChI=1S/C11H19O3/c1-8(2)9-6-4-5-7-10(9)14-11(12)13-3/h8-10H,3-7H2,1-2H3. The maximum Gasteiger partial charge on any atom is 0.508 e. The van der Waals surface area contributed by atoms with Crippen LogP contribution in [0, 0.1) is 18.9 Å². The molecule has 1 rings (SSSR count). The van der Waals surface area contributed by atoms with Gasteiger partial charge in [-0.05, 0) is 31.1 Å². The maximum absolute atomic E-state index is 10.9. The van der Waals surface area contributed by atoms with Crippen LogP contribution in [0.15, 0.2) is 0 Å². The molecule has 0 spiro atoms. The van der Waals surface area contributed by atoms with Crippen LogP contribution >= 0.6 is 0 Å². The third kappa shape index (κ3) is 2.89. The van der Waals surface area contributed by atoms with Crippen LogP contribution in [0.3, 0.4) is 0 Å². The molecule has 1 saturated carbocycles. The molecular formula is C11H19O3. The molecule has 0 aromatic rings. The van der Waals surface area contributed by atoms with Gasteiger partial charge in [-0.15, -0.1) is 0 Å². The van der Waals surface area contributed by atoms with Crippen molar-refractivity contribution in [2.45, 2.75) is 45.6 Å². The Morgan fingerprint density at radius 3 is 2.57 bits per heavy atom. The summed E-state index contributed by atoms with van der Waals surface area (Å²) in [6.45, 7) is 4.34. The van der Waals surface area contributed by atoms with Gasteiger partial charge >= 0.3 is 6.16 Å². The van der Waals surface area contributed by atoms with Crippen molar-refractivity contribution >= 4 is 6.16 Å². The molecule has 14 heavy (non-hydrogen) atoms. The molecular weight excluding hydrogens is 180 g/mol. The molecule has 0 aliphatic heterocycles. The lowest BCUT2D eigenvalue weighted by Crippen LogP contribution is -2.33. The molecule has 0 aromatic carbocycles. The van der Waals surface area contributed by atoms with Gasteiger partial charge in [-0.3, -0.25) is 0 Å². The van der Waals surface area contributed by atoms with Crippen molar-refractivity contribution in [1.82, 2.24) is 0 Å². The predicted octanol–water partition coefficient (Wildman–Crippen LogP) is 3.15. The molecule has 0 N–H and O–H groups in total. The smallest absolute Gasteiger partial charge is 0.431 e. The van der Waals surface area contributed by atoms with Crippen molar-refractivity contribution in [3.63, 3.8) is 0 Å². The van der Waals surface area contributed by atoms with Crippen LogP contribution in [0.4, 0.5) is 4.79 Å². The number of rotatable bonds is 2. The van der Waals surface area contributed by atoms with E-state index in [0.717, 1.165) is 19.3 Å². The minimum absolute atomic E-state index is 0.0259. The third-order valence-electron chi connectivity index (χ3n) is 2.98. The van der Waals surface area contributed by atoms with Gasteiger partial charge in [-0.2, -0.15) is 0 Å². The molecule has 3 nitrogen and oxygen atoms in total. The van der Waals surface area contributed by atoms with Crippen LogP contribution in [0.25, 0.3) is 0 Å². The van der Waals surface area contributed by atoms with Crippen LogP contribution in [0.5, 0.6) is 0 Å². The molecule has 0 heterocycles. The maximum atomic E-state index is 10.9. The molecule has 2 atom stereocenters. The Balaban J connectivity index is 2.49. The summed E-state index contributed by atoms with van der Waals surface area (Å²) in [7, 11) is 3.05. The third-order valence-corrected chi connectivity index (χ3v) is 2.98. The van der Waals surface area contributed by atoms with E-state index in [9.17, 15) is 4.79 Å². The number of hydrogen-bond acceptors (Lipinski definition) is 3. The van der Waals surface area contributed by atoms with Crippen LogP contribution < -0.4 is 0 Å². The van der Waals surface area contributed by atoms with E-state index in [1.807, 2.05) is 0 Å². The predicted molar refractivity (Wildman–Crippen MR) is 53.5 cm³/mol. The first-order valence-electron chi connectivity index (χ1n) is 5.27. The van der Waals surface area contributed by atoms with Gasteiger partial charge in [-0.25, -0.2) is 4.79 Å². The van der Waals surface area contributed by atoms with Gasteiger partial charge in [0, 0.05) is 0 Å². The summed E-state index contributed by atoms with van der Waals surface area (Å²) in [6.07, 6.45) is 3.85. The van der Waals surface area contributed by atoms with E-state index in [-0.39, 0.29) is 6.10 Å². The Morgan fingerprint density at radius 1 is 1.36 bits per heavy atom. The molecule has 0 amide bonds. The number of carbonyl (C=O) groups excluding carboxylic acids is 1. The monoisotopic (exact) mass is 199 g/mol. The second kappa shape index (κ2) is 5.23. The number of carbonyl (C=O) groups is 1. The van der Waals surface area contributed by atoms with E-state index in [4.69, 9.17) is 4.74 Å². The van der Waals surface area contributed by atoms with Crippen molar-refractivity contribution in [1.29, 1.82) is 0 Å². The fraction of sp³-hybridized carbons (Fsp3) is 0.818. The van der Waals surface area contributed by atoms with Gasteiger partial charge in [-0.1, -0.05) is 20.3 Å². The largest absolute Gasteiger partial charge is 0.508 e. The van der Waals surface area contributed by atoms with E-state index in [1.54, 1.807) is 0 Å². The van der Waals surface area contributed by atoms with E-state index in [2.05, 4.69) is 25.7 Å². The Morgan fingerprint density at radius 2 is 2.00 bits per heavy atom. The van der Waals surface area contributed by atoms with Crippen LogP contribution in [0.1, 0.15) is 39.5 Å². The fourth-order valence-electron chi connectivity index (χ4n) is 2.19. The second-order valence-corrected chi connectivity index (χ2v) is 4.24. The Hall–Kier alpha value is -0.730. The molecule has 2 unspecified atom stereocenters. The van der Waals surface area contributed by atoms with Crippen LogP contribution in [-0.2, 0) is 9.47 Å². The lowest BCUT2D eigenvalue weighted by atomic mass is 9.79. The van der Waals surface area contributed by atoms with Gasteiger partial charge < -0.3 is 9.47 Å². The minimum Gasteiger partial charge on any atom is -0.431 e. The van der Waals surface area contributed by atoms with Gasteiger partial charge in [0.25, 0.3) is 0 Å². The summed E-state index contributed by atoms with van der Waals surface area (Å²) >= 11 is 0. The van der Waals surface area contributed by atoms with Crippen LogP contribution in [-0.4, -0.2) is 12.3 Å².